The molecule has 3 nitrogen and oxygen atoms in total. The van der Waals surface area contributed by atoms with Crippen LogP contribution in [0.5, 0.6) is 0 Å². The third-order valence-corrected chi connectivity index (χ3v) is 1.49. The third-order valence-electron chi connectivity index (χ3n) is 1.49. The van der Waals surface area contributed by atoms with E-state index in [2.05, 4.69) is 6.58 Å². The van der Waals surface area contributed by atoms with Gasteiger partial charge in [0.25, 0.3) is 0 Å². The van der Waals surface area contributed by atoms with Gasteiger partial charge in [-0.05, 0) is 34.6 Å². The predicted molar refractivity (Wildman–Crippen MR) is 58.3 cm³/mol. The molecule has 0 fully saturated rings. The highest BCUT2D eigenvalue weighted by atomic mass is 16.6. The first-order chi connectivity index (χ1) is 6.26. The molecular formula is C11H21NO2. The molecule has 14 heavy (non-hydrogen) atoms. The number of rotatable bonds is 3. The lowest BCUT2D eigenvalue weighted by Crippen LogP contribution is -2.37. The van der Waals surface area contributed by atoms with Gasteiger partial charge in [-0.25, -0.2) is 4.79 Å². The molecule has 0 saturated carbocycles. The van der Waals surface area contributed by atoms with E-state index in [1.807, 2.05) is 34.6 Å². The first-order valence-corrected chi connectivity index (χ1v) is 4.88. The summed E-state index contributed by atoms with van der Waals surface area (Å²) in [6, 6.07) is 0. The Kier molecular flexibility index (Phi) is 4.68. The minimum Gasteiger partial charge on any atom is -0.444 e. The van der Waals surface area contributed by atoms with E-state index in [4.69, 9.17) is 4.74 Å². The lowest BCUT2D eigenvalue weighted by Gasteiger charge is -2.26. The number of carbonyl (C=O) groups excluding carboxylic acids is 1. The topological polar surface area (TPSA) is 29.5 Å². The summed E-state index contributed by atoms with van der Waals surface area (Å²) in [6.45, 7) is 14.4. The molecule has 0 atom stereocenters. The Balaban J connectivity index is 4.25. The largest absolute Gasteiger partial charge is 0.444 e. The van der Waals surface area contributed by atoms with Crippen LogP contribution >= 0.6 is 0 Å². The van der Waals surface area contributed by atoms with Crippen LogP contribution in [-0.2, 0) is 4.74 Å². The average Bonchev–Trinajstić information content (AvgIpc) is 1.96. The monoisotopic (exact) mass is 199 g/mol. The number of hydrogen-bond donors (Lipinski definition) is 0. The molecule has 82 valence electrons. The Morgan fingerprint density at radius 2 is 1.93 bits per heavy atom. The fraction of sp³-hybridized carbons (Fsp3) is 0.727. The molecule has 0 aliphatic heterocycles. The molecule has 0 bridgehead atoms. The van der Waals surface area contributed by atoms with Gasteiger partial charge in [-0.1, -0.05) is 12.2 Å². The van der Waals surface area contributed by atoms with E-state index in [-0.39, 0.29) is 6.09 Å². The fourth-order valence-corrected chi connectivity index (χ4v) is 0.958. The fourth-order valence-electron chi connectivity index (χ4n) is 0.958. The Morgan fingerprint density at radius 3 is 2.21 bits per heavy atom. The number of hydrogen-bond acceptors (Lipinski definition) is 2. The van der Waals surface area contributed by atoms with Crippen LogP contribution in [0.4, 0.5) is 4.79 Å². The molecule has 0 saturated heterocycles. The van der Waals surface area contributed by atoms with Gasteiger partial charge in [0.15, 0.2) is 0 Å². The summed E-state index contributed by atoms with van der Waals surface area (Å²) >= 11 is 0. The van der Waals surface area contributed by atoms with Crippen LogP contribution in [0.2, 0.25) is 0 Å². The molecule has 0 unspecified atom stereocenters. The van der Waals surface area contributed by atoms with Crippen molar-refractivity contribution in [3.05, 3.63) is 12.2 Å². The molecular weight excluding hydrogens is 178 g/mol. The molecule has 0 aliphatic rings. The normalized spacial score (nSPS) is 10.9. The van der Waals surface area contributed by atoms with E-state index in [1.165, 1.54) is 0 Å². The van der Waals surface area contributed by atoms with E-state index in [0.29, 0.717) is 13.1 Å². The molecule has 1 amide bonds. The second kappa shape index (κ2) is 5.03. The zero-order valence-corrected chi connectivity index (χ0v) is 9.89. The molecule has 0 heterocycles. The van der Waals surface area contributed by atoms with Crippen molar-refractivity contribution < 1.29 is 9.53 Å². The van der Waals surface area contributed by atoms with Gasteiger partial charge < -0.3 is 9.64 Å². The van der Waals surface area contributed by atoms with Crippen LogP contribution in [0, 0.1) is 0 Å². The summed E-state index contributed by atoms with van der Waals surface area (Å²) in [5.41, 5.74) is 0.525. The van der Waals surface area contributed by atoms with Crippen LogP contribution in [0.3, 0.4) is 0 Å². The number of nitrogens with zero attached hydrogens (tertiary/aromatic N) is 1. The van der Waals surface area contributed by atoms with Crippen molar-refractivity contribution in [3.63, 3.8) is 0 Å². The smallest absolute Gasteiger partial charge is 0.410 e. The second-order valence-corrected chi connectivity index (χ2v) is 4.45. The van der Waals surface area contributed by atoms with Gasteiger partial charge in [0.1, 0.15) is 5.60 Å². The summed E-state index contributed by atoms with van der Waals surface area (Å²) < 4.78 is 5.24. The summed E-state index contributed by atoms with van der Waals surface area (Å²) in [6.07, 6.45) is -0.275. The van der Waals surface area contributed by atoms with Gasteiger partial charge in [-0.3, -0.25) is 0 Å². The quantitative estimate of drug-likeness (QED) is 0.654. The van der Waals surface area contributed by atoms with Gasteiger partial charge >= 0.3 is 6.09 Å². The maximum Gasteiger partial charge on any atom is 0.410 e. The average molecular weight is 199 g/mol. The molecule has 0 aromatic heterocycles. The summed E-state index contributed by atoms with van der Waals surface area (Å²) in [5.74, 6) is 0. The lowest BCUT2D eigenvalue weighted by atomic mass is 10.2. The van der Waals surface area contributed by atoms with Gasteiger partial charge in [0, 0.05) is 13.1 Å². The molecule has 0 radical (unpaired) electrons. The minimum absolute atomic E-state index is 0.275. The zero-order valence-electron chi connectivity index (χ0n) is 9.89. The lowest BCUT2D eigenvalue weighted by molar-refractivity contribution is 0.0277. The first-order valence-electron chi connectivity index (χ1n) is 4.88. The summed E-state index contributed by atoms with van der Waals surface area (Å²) in [7, 11) is 0. The Morgan fingerprint density at radius 1 is 1.43 bits per heavy atom. The van der Waals surface area contributed by atoms with Crippen molar-refractivity contribution >= 4 is 6.09 Å². The minimum atomic E-state index is -0.431. The molecule has 0 N–H and O–H groups in total. The van der Waals surface area contributed by atoms with Crippen molar-refractivity contribution in [1.29, 1.82) is 0 Å². The van der Waals surface area contributed by atoms with Crippen molar-refractivity contribution in [2.24, 2.45) is 0 Å². The highest BCUT2D eigenvalue weighted by Gasteiger charge is 2.20. The van der Waals surface area contributed by atoms with E-state index in [0.717, 1.165) is 5.57 Å². The SMILES string of the molecule is C=C(C)CN(CC)C(=O)OC(C)(C)C. The Labute approximate surface area is 86.7 Å². The molecule has 0 aromatic rings. The molecule has 0 aliphatic carbocycles. The highest BCUT2D eigenvalue weighted by Crippen LogP contribution is 2.10. The van der Waals surface area contributed by atoms with Crippen molar-refractivity contribution in [1.82, 2.24) is 4.90 Å². The summed E-state index contributed by atoms with van der Waals surface area (Å²) in [4.78, 5) is 13.2. The van der Waals surface area contributed by atoms with E-state index < -0.39 is 5.60 Å². The van der Waals surface area contributed by atoms with Crippen LogP contribution in [0.1, 0.15) is 34.6 Å². The van der Waals surface area contributed by atoms with Gasteiger partial charge in [-0.2, -0.15) is 0 Å². The summed E-state index contributed by atoms with van der Waals surface area (Å²) in [5, 5.41) is 0. The van der Waals surface area contributed by atoms with Crippen LogP contribution < -0.4 is 0 Å². The van der Waals surface area contributed by atoms with Crippen LogP contribution in [-0.4, -0.2) is 29.7 Å². The molecule has 3 heteroatoms. The number of carbonyl (C=O) groups is 1. The molecule has 0 spiro atoms. The van der Waals surface area contributed by atoms with E-state index in [1.54, 1.807) is 4.90 Å². The maximum absolute atomic E-state index is 11.6. The van der Waals surface area contributed by atoms with Gasteiger partial charge in [0.05, 0.1) is 0 Å². The predicted octanol–water partition coefficient (Wildman–Crippen LogP) is 2.82. The van der Waals surface area contributed by atoms with Crippen LogP contribution in [0.25, 0.3) is 0 Å². The first kappa shape index (κ1) is 13.0. The number of ether oxygens (including phenoxy) is 1. The Bertz CT molecular complexity index is 216. The third kappa shape index (κ3) is 5.62. The maximum atomic E-state index is 11.6. The van der Waals surface area contributed by atoms with Crippen molar-refractivity contribution in [3.8, 4) is 0 Å². The molecule has 0 rings (SSSR count). The Hall–Kier alpha value is -0.990. The van der Waals surface area contributed by atoms with Crippen molar-refractivity contribution in [2.45, 2.75) is 40.2 Å². The van der Waals surface area contributed by atoms with Gasteiger partial charge in [0.2, 0.25) is 0 Å². The van der Waals surface area contributed by atoms with Crippen LogP contribution in [0.15, 0.2) is 12.2 Å². The second-order valence-electron chi connectivity index (χ2n) is 4.45. The number of likely N-dealkylation sites (N-methyl/N-ethyl adjacent to an activating group) is 1. The highest BCUT2D eigenvalue weighted by molar-refractivity contribution is 5.68. The van der Waals surface area contributed by atoms with Gasteiger partial charge in [-0.15, -0.1) is 0 Å². The number of amides is 1. The van der Waals surface area contributed by atoms with Crippen molar-refractivity contribution in [2.75, 3.05) is 13.1 Å². The zero-order chi connectivity index (χ0) is 11.4. The standard InChI is InChI=1S/C11H21NO2/c1-7-12(8-9(2)3)10(13)14-11(4,5)6/h2,7-8H2,1,3-6H3. The molecule has 0 aromatic carbocycles. The van der Waals surface area contributed by atoms with E-state index >= 15 is 0 Å². The van der Waals surface area contributed by atoms with E-state index in [9.17, 15) is 4.79 Å².